The number of amides is 3. The number of aliphatic hydroxyl groups is 1. The van der Waals surface area contributed by atoms with Crippen molar-refractivity contribution in [3.8, 4) is 0 Å². The second kappa shape index (κ2) is 9.91. The number of carbonyl (C=O) groups excluding carboxylic acids is 3. The molecule has 1 spiro atoms. The fourth-order valence-corrected chi connectivity index (χ4v) is 7.06. The highest BCUT2D eigenvalue weighted by Crippen LogP contribution is 2.65. The number of anilines is 2. The number of nitrogens with one attached hydrogen (secondary N) is 2. The molecule has 1 aromatic carbocycles. The first-order chi connectivity index (χ1) is 17.5. The third-order valence-corrected chi connectivity index (χ3v) is 9.11. The van der Waals surface area contributed by atoms with Gasteiger partial charge in [-0.3, -0.25) is 14.4 Å². The molecule has 7 atom stereocenters. The first-order valence-corrected chi connectivity index (χ1v) is 13.5. The molecular formula is C28H42N4O5. The SMILES string of the molecule is CCN(CC)c1ccc(NC(=O)C2N([C@@H](CO)C(C)C)C(=O)[C@@H]3[C@H](C(=O)NC)[C@@]4(C)OC23CC4C)cc1. The average molecular weight is 515 g/mol. The van der Waals surface area contributed by atoms with Gasteiger partial charge in [0.05, 0.1) is 30.1 Å². The predicted octanol–water partition coefficient (Wildman–Crippen LogP) is 2.24. The molecule has 37 heavy (non-hydrogen) atoms. The minimum Gasteiger partial charge on any atom is -0.394 e. The monoisotopic (exact) mass is 514 g/mol. The van der Waals surface area contributed by atoms with Crippen LogP contribution in [0.1, 0.15) is 48.0 Å². The Balaban J connectivity index is 1.74. The van der Waals surface area contributed by atoms with Crippen LogP contribution < -0.4 is 15.5 Å². The van der Waals surface area contributed by atoms with Crippen LogP contribution in [0, 0.1) is 23.7 Å². The van der Waals surface area contributed by atoms with E-state index in [1.54, 1.807) is 7.05 Å². The minimum absolute atomic E-state index is 0.0333. The Morgan fingerprint density at radius 1 is 1.19 bits per heavy atom. The van der Waals surface area contributed by atoms with E-state index in [2.05, 4.69) is 29.4 Å². The maximum atomic E-state index is 14.1. The molecule has 204 valence electrons. The second-order valence-electron chi connectivity index (χ2n) is 11.3. The summed E-state index contributed by atoms with van der Waals surface area (Å²) in [4.78, 5) is 45.0. The Kier molecular flexibility index (Phi) is 7.33. The first kappa shape index (κ1) is 27.4. The normalized spacial score (nSPS) is 33.0. The zero-order valence-corrected chi connectivity index (χ0v) is 23.1. The Labute approximate surface area is 219 Å². The largest absolute Gasteiger partial charge is 0.394 e. The zero-order chi connectivity index (χ0) is 27.3. The number of nitrogens with zero attached hydrogens (tertiary/aromatic N) is 2. The number of likely N-dealkylation sites (tertiary alicyclic amines) is 1. The van der Waals surface area contributed by atoms with Crippen molar-refractivity contribution in [3.63, 3.8) is 0 Å². The van der Waals surface area contributed by atoms with Gasteiger partial charge < -0.3 is 30.3 Å². The summed E-state index contributed by atoms with van der Waals surface area (Å²) in [5.41, 5.74) is -0.320. The number of benzene rings is 1. The molecule has 9 nitrogen and oxygen atoms in total. The summed E-state index contributed by atoms with van der Waals surface area (Å²) >= 11 is 0. The number of carbonyl (C=O) groups is 3. The average Bonchev–Trinajstić information content (AvgIpc) is 3.37. The van der Waals surface area contributed by atoms with Gasteiger partial charge in [-0.2, -0.15) is 0 Å². The maximum absolute atomic E-state index is 14.1. The van der Waals surface area contributed by atoms with E-state index in [1.165, 1.54) is 4.90 Å². The van der Waals surface area contributed by atoms with Gasteiger partial charge in [0, 0.05) is 31.5 Å². The highest BCUT2D eigenvalue weighted by atomic mass is 16.5. The van der Waals surface area contributed by atoms with Gasteiger partial charge >= 0.3 is 0 Å². The van der Waals surface area contributed by atoms with Crippen LogP contribution in [0.3, 0.4) is 0 Å². The van der Waals surface area contributed by atoms with E-state index in [4.69, 9.17) is 4.74 Å². The van der Waals surface area contributed by atoms with Crippen LogP contribution in [0.15, 0.2) is 24.3 Å². The minimum atomic E-state index is -1.14. The molecule has 3 amide bonds. The summed E-state index contributed by atoms with van der Waals surface area (Å²) in [5, 5.41) is 16.0. The molecule has 3 aliphatic rings. The first-order valence-electron chi connectivity index (χ1n) is 13.5. The Bertz CT molecular complexity index is 1040. The van der Waals surface area contributed by atoms with Crippen molar-refractivity contribution in [3.05, 3.63) is 24.3 Å². The number of ether oxygens (including phenoxy) is 1. The summed E-state index contributed by atoms with van der Waals surface area (Å²) < 4.78 is 6.67. The lowest BCUT2D eigenvalue weighted by atomic mass is 9.62. The predicted molar refractivity (Wildman–Crippen MR) is 142 cm³/mol. The Hall–Kier alpha value is -2.65. The molecular weight excluding hydrogens is 472 g/mol. The molecule has 3 N–H and O–H groups in total. The summed E-state index contributed by atoms with van der Waals surface area (Å²) in [6, 6.07) is 6.11. The van der Waals surface area contributed by atoms with Gasteiger partial charge in [0.1, 0.15) is 11.6 Å². The van der Waals surface area contributed by atoms with Crippen molar-refractivity contribution in [2.45, 2.75) is 71.2 Å². The van der Waals surface area contributed by atoms with Crippen molar-refractivity contribution in [1.29, 1.82) is 0 Å². The van der Waals surface area contributed by atoms with Crippen molar-refractivity contribution >= 4 is 29.1 Å². The van der Waals surface area contributed by atoms with Crippen LogP contribution in [-0.4, -0.2) is 77.8 Å². The number of aliphatic hydroxyl groups excluding tert-OH is 1. The highest BCUT2D eigenvalue weighted by molar-refractivity contribution is 6.04. The van der Waals surface area contributed by atoms with Gasteiger partial charge in [0.15, 0.2) is 0 Å². The Morgan fingerprint density at radius 2 is 1.81 bits per heavy atom. The molecule has 4 rings (SSSR count). The lowest BCUT2D eigenvalue weighted by Gasteiger charge is -2.38. The highest BCUT2D eigenvalue weighted by Gasteiger charge is 2.80. The van der Waals surface area contributed by atoms with Gasteiger partial charge in [0.2, 0.25) is 17.7 Å². The van der Waals surface area contributed by atoms with Gasteiger partial charge in [-0.05, 0) is 63.3 Å². The summed E-state index contributed by atoms with van der Waals surface area (Å²) in [6.07, 6.45) is 0.485. The standard InChI is InChI=1S/C28H42N4O5/c1-8-31(9-2)19-12-10-18(11-13-19)30-25(35)23-28-14-17(5)27(6,37-28)21(24(34)29-7)22(28)26(36)32(23)20(15-33)16(3)4/h10-13,16-17,20-23,33H,8-9,14-15H2,1-7H3,(H,29,34)(H,30,35)/t17?,20-,21+,22-,23?,27-,28?/m0/s1. The van der Waals surface area contributed by atoms with Crippen LogP contribution >= 0.6 is 0 Å². The fourth-order valence-electron chi connectivity index (χ4n) is 7.06. The molecule has 9 heteroatoms. The molecule has 0 aromatic heterocycles. The van der Waals surface area contributed by atoms with Crippen LogP contribution in [0.25, 0.3) is 0 Å². The molecule has 3 aliphatic heterocycles. The van der Waals surface area contributed by atoms with Crippen molar-refractivity contribution < 1.29 is 24.2 Å². The lowest BCUT2D eigenvalue weighted by Crippen LogP contribution is -2.57. The van der Waals surface area contributed by atoms with Gasteiger partial charge in [-0.1, -0.05) is 20.8 Å². The number of hydrogen-bond donors (Lipinski definition) is 3. The van der Waals surface area contributed by atoms with Gasteiger partial charge in [-0.15, -0.1) is 0 Å². The second-order valence-corrected chi connectivity index (χ2v) is 11.3. The molecule has 3 saturated heterocycles. The molecule has 3 fully saturated rings. The van der Waals surface area contributed by atoms with E-state index >= 15 is 0 Å². The molecule has 0 radical (unpaired) electrons. The third-order valence-electron chi connectivity index (χ3n) is 9.11. The number of rotatable bonds is 9. The fraction of sp³-hybridized carbons (Fsp3) is 0.679. The third kappa shape index (κ3) is 4.02. The smallest absolute Gasteiger partial charge is 0.250 e. The van der Waals surface area contributed by atoms with E-state index < -0.39 is 35.1 Å². The summed E-state index contributed by atoms with van der Waals surface area (Å²) in [7, 11) is 1.56. The number of hydrogen-bond acceptors (Lipinski definition) is 6. The van der Waals surface area contributed by atoms with Crippen LogP contribution in [0.2, 0.25) is 0 Å². The van der Waals surface area contributed by atoms with Crippen molar-refractivity contribution in [2.24, 2.45) is 23.7 Å². The molecule has 3 unspecified atom stereocenters. The van der Waals surface area contributed by atoms with Gasteiger partial charge in [0.25, 0.3) is 0 Å². The van der Waals surface area contributed by atoms with E-state index in [9.17, 15) is 19.5 Å². The number of fused-ring (bicyclic) bond motifs is 1. The van der Waals surface area contributed by atoms with E-state index in [0.29, 0.717) is 12.1 Å². The molecule has 3 heterocycles. The summed E-state index contributed by atoms with van der Waals surface area (Å²) in [6.45, 7) is 13.4. The van der Waals surface area contributed by atoms with Crippen molar-refractivity contribution in [2.75, 3.05) is 37.0 Å². The van der Waals surface area contributed by atoms with E-state index in [-0.39, 0.29) is 36.2 Å². The topological polar surface area (TPSA) is 111 Å². The van der Waals surface area contributed by atoms with Crippen molar-refractivity contribution in [1.82, 2.24) is 10.2 Å². The molecule has 2 bridgehead atoms. The zero-order valence-electron chi connectivity index (χ0n) is 23.1. The molecule has 0 aliphatic carbocycles. The van der Waals surface area contributed by atoms with E-state index in [1.807, 2.05) is 52.0 Å². The van der Waals surface area contributed by atoms with Crippen LogP contribution in [-0.2, 0) is 19.1 Å². The van der Waals surface area contributed by atoms with E-state index in [0.717, 1.165) is 18.8 Å². The maximum Gasteiger partial charge on any atom is 0.250 e. The van der Waals surface area contributed by atoms with Gasteiger partial charge in [-0.25, -0.2) is 0 Å². The quantitative estimate of drug-likeness (QED) is 0.466. The Morgan fingerprint density at radius 3 is 2.32 bits per heavy atom. The lowest BCUT2D eigenvalue weighted by molar-refractivity contribution is -0.150. The summed E-state index contributed by atoms with van der Waals surface area (Å²) in [5.74, 6) is -2.55. The molecule has 1 aromatic rings. The van der Waals surface area contributed by atoms with Crippen LogP contribution in [0.5, 0.6) is 0 Å². The van der Waals surface area contributed by atoms with Crippen LogP contribution in [0.4, 0.5) is 11.4 Å². The molecule has 0 saturated carbocycles.